The van der Waals surface area contributed by atoms with E-state index in [2.05, 4.69) is 0 Å². The van der Waals surface area contributed by atoms with Crippen molar-refractivity contribution in [2.24, 2.45) is 0 Å². The van der Waals surface area contributed by atoms with Crippen molar-refractivity contribution < 1.29 is 29.6 Å². The summed E-state index contributed by atoms with van der Waals surface area (Å²) in [6.07, 6.45) is 1.51. The van der Waals surface area contributed by atoms with Crippen molar-refractivity contribution in [3.8, 4) is 11.5 Å². The van der Waals surface area contributed by atoms with Gasteiger partial charge in [0.15, 0.2) is 6.61 Å². The molecule has 6 nitrogen and oxygen atoms in total. The maximum Gasteiger partial charge on any atom is 0.157 e. The molecule has 136 valence electrons. The molecule has 0 aliphatic heterocycles. The highest BCUT2D eigenvalue weighted by atomic mass is 35.5. The van der Waals surface area contributed by atoms with Crippen LogP contribution in [0.2, 0.25) is 0 Å². The molecule has 2 aromatic carbocycles. The van der Waals surface area contributed by atoms with Crippen LogP contribution in [0.5, 0.6) is 11.5 Å². The number of phenolic OH excluding ortho intramolecular Hbond substituents is 1. The molecule has 0 radical (unpaired) electrons. The van der Waals surface area contributed by atoms with Gasteiger partial charge in [-0.05, 0) is 48.5 Å². The monoisotopic (exact) mass is 369 g/mol. The lowest BCUT2D eigenvalue weighted by Crippen LogP contribution is -2.01. The molecule has 0 saturated heterocycles. The smallest absolute Gasteiger partial charge is 0.157 e. The van der Waals surface area contributed by atoms with Gasteiger partial charge in [-0.15, -0.1) is 11.6 Å². The first-order valence-electron chi connectivity index (χ1n) is 7.34. The Bertz CT molecular complexity index is 582. The number of carbonyl (C=O) groups is 2. The minimum Gasteiger partial charge on any atom is -0.508 e. The third kappa shape index (κ3) is 11.7. The second-order valence-corrected chi connectivity index (χ2v) is 4.79. The zero-order valence-corrected chi connectivity index (χ0v) is 14.4. The molecule has 25 heavy (non-hydrogen) atoms. The van der Waals surface area contributed by atoms with Gasteiger partial charge in [0, 0.05) is 11.1 Å². The average Bonchev–Trinajstić information content (AvgIpc) is 2.68. The molecule has 0 amide bonds. The predicted octanol–water partition coefficient (Wildman–Crippen LogP) is 2.02. The summed E-state index contributed by atoms with van der Waals surface area (Å²) in [5, 5.41) is 23.5. The number of alkyl halides is 1. The molecule has 0 spiro atoms. The van der Waals surface area contributed by atoms with Crippen LogP contribution in [-0.4, -0.2) is 53.6 Å². The molecule has 0 fully saturated rings. The highest BCUT2D eigenvalue weighted by Gasteiger charge is 1.92. The summed E-state index contributed by atoms with van der Waals surface area (Å²) < 4.78 is 5.09. The van der Waals surface area contributed by atoms with Gasteiger partial charge in [-0.25, -0.2) is 0 Å². The molecule has 0 bridgehead atoms. The summed E-state index contributed by atoms with van der Waals surface area (Å²) in [6.45, 7) is 0.609. The first-order chi connectivity index (χ1) is 12.1. The van der Waals surface area contributed by atoms with Crippen LogP contribution in [0, 0.1) is 0 Å². The summed E-state index contributed by atoms with van der Waals surface area (Å²) in [6, 6.07) is 12.8. The predicted molar refractivity (Wildman–Crippen MR) is 97.1 cm³/mol. The normalized spacial score (nSPS) is 8.92. The fourth-order valence-electron chi connectivity index (χ4n) is 1.36. The van der Waals surface area contributed by atoms with Crippen molar-refractivity contribution in [3.63, 3.8) is 0 Å². The summed E-state index contributed by atoms with van der Waals surface area (Å²) in [5.74, 6) is 1.30. The molecule has 2 aromatic rings. The number of rotatable bonds is 6. The minimum atomic E-state index is -0.00453. The lowest BCUT2D eigenvalue weighted by molar-refractivity contribution is 0.111. The van der Waals surface area contributed by atoms with Gasteiger partial charge in [-0.1, -0.05) is 0 Å². The standard InChI is InChI=1S/C9H10O3.C7H6O2.C2H5ClO/c10-5-6-12-9-3-1-8(7-11)2-4-9;8-5-6-1-3-7(9)4-2-6;3-1-2-4/h1-4,7,10H,5-6H2;1-5,9H;4H,1-2H2/p+1. The van der Waals surface area contributed by atoms with Gasteiger partial charge >= 0.3 is 0 Å². The van der Waals surface area contributed by atoms with Crippen molar-refractivity contribution >= 4 is 24.2 Å². The van der Waals surface area contributed by atoms with Gasteiger partial charge < -0.3 is 20.1 Å². The van der Waals surface area contributed by atoms with Crippen LogP contribution >= 0.6 is 11.6 Å². The number of hydrogen-bond acceptors (Lipinski definition) is 5. The van der Waals surface area contributed by atoms with E-state index in [0.29, 0.717) is 29.4 Å². The second-order valence-electron chi connectivity index (χ2n) is 4.41. The topological polar surface area (TPSA) is 107 Å². The van der Waals surface area contributed by atoms with Gasteiger partial charge in [0.2, 0.25) is 0 Å². The summed E-state index contributed by atoms with van der Waals surface area (Å²) in [5.41, 5.74) is 1.19. The van der Waals surface area contributed by atoms with Gasteiger partial charge in [0.1, 0.15) is 30.7 Å². The van der Waals surface area contributed by atoms with Gasteiger partial charge in [0.05, 0.1) is 12.5 Å². The molecule has 0 unspecified atom stereocenters. The maximum atomic E-state index is 10.3. The van der Waals surface area contributed by atoms with Crippen molar-refractivity contribution in [2.75, 3.05) is 25.7 Å². The number of ether oxygens (including phenoxy) is 1. The highest BCUT2D eigenvalue weighted by molar-refractivity contribution is 6.17. The number of aliphatic hydroxyl groups excluding tert-OH is 1. The Labute approximate surface area is 151 Å². The Hall–Kier alpha value is -2.41. The van der Waals surface area contributed by atoms with Crippen LogP contribution in [-0.2, 0) is 0 Å². The lowest BCUT2D eigenvalue weighted by atomic mass is 10.2. The van der Waals surface area contributed by atoms with Crippen LogP contribution in [0.15, 0.2) is 48.5 Å². The molecule has 7 heteroatoms. The molecule has 0 saturated carbocycles. The fraction of sp³-hybridized carbons (Fsp3) is 0.222. The average molecular weight is 370 g/mol. The van der Waals surface area contributed by atoms with Crippen LogP contribution < -0.4 is 4.74 Å². The Kier molecular flexibility index (Phi) is 13.7. The molecular formula is C18H22ClO6+. The quantitative estimate of drug-likeness (QED) is 0.460. The molecule has 0 aliphatic rings. The van der Waals surface area contributed by atoms with E-state index >= 15 is 0 Å². The fourth-order valence-corrected chi connectivity index (χ4v) is 1.36. The Balaban J connectivity index is 0.000000391. The van der Waals surface area contributed by atoms with Crippen molar-refractivity contribution in [1.82, 2.24) is 0 Å². The second kappa shape index (κ2) is 15.1. The third-order valence-corrected chi connectivity index (χ3v) is 2.69. The minimum absolute atomic E-state index is 0.00453. The number of phenols is 1. The van der Waals surface area contributed by atoms with E-state index in [9.17, 15) is 9.59 Å². The van der Waals surface area contributed by atoms with E-state index < -0.39 is 0 Å². The number of hydrogen-bond donors (Lipinski definition) is 2. The van der Waals surface area contributed by atoms with Crippen molar-refractivity contribution in [3.05, 3.63) is 59.7 Å². The third-order valence-electron chi connectivity index (χ3n) is 2.50. The van der Waals surface area contributed by atoms with E-state index in [1.54, 1.807) is 36.4 Å². The summed E-state index contributed by atoms with van der Waals surface area (Å²) in [4.78, 5) is 20.3. The Morgan fingerprint density at radius 1 is 0.960 bits per heavy atom. The first kappa shape index (κ1) is 22.6. The molecule has 4 N–H and O–H groups in total. The number of benzene rings is 2. The zero-order chi connectivity index (χ0) is 18.9. The number of carbonyl (C=O) groups excluding carboxylic acids is 2. The van der Waals surface area contributed by atoms with E-state index in [0.717, 1.165) is 12.6 Å². The molecule has 0 atom stereocenters. The molecular weight excluding hydrogens is 348 g/mol. The van der Waals surface area contributed by atoms with E-state index in [4.69, 9.17) is 31.7 Å². The van der Waals surface area contributed by atoms with Crippen molar-refractivity contribution in [2.45, 2.75) is 0 Å². The van der Waals surface area contributed by atoms with Gasteiger partial charge in [0.25, 0.3) is 0 Å². The Morgan fingerprint density at radius 2 is 1.40 bits per heavy atom. The number of aldehydes is 2. The molecule has 0 aliphatic carbocycles. The van der Waals surface area contributed by atoms with Crippen LogP contribution in [0.3, 0.4) is 0 Å². The van der Waals surface area contributed by atoms with E-state index in [-0.39, 0.29) is 19.0 Å². The first-order valence-corrected chi connectivity index (χ1v) is 7.88. The SMILES string of the molecule is O=Cc1ccc(O)cc1.O=Cc1ccc(OCCO)cc1.[OH2+]CCCl. The maximum absolute atomic E-state index is 10.3. The van der Waals surface area contributed by atoms with Crippen molar-refractivity contribution in [1.29, 1.82) is 0 Å². The van der Waals surface area contributed by atoms with E-state index in [1.807, 2.05) is 0 Å². The zero-order valence-electron chi connectivity index (χ0n) is 13.6. The molecule has 2 rings (SSSR count). The largest absolute Gasteiger partial charge is 0.508 e. The van der Waals surface area contributed by atoms with E-state index in [1.165, 1.54) is 12.1 Å². The number of aromatic hydroxyl groups is 1. The summed E-state index contributed by atoms with van der Waals surface area (Å²) >= 11 is 5.00. The lowest BCUT2D eigenvalue weighted by Gasteiger charge is -2.02. The molecule has 0 aromatic heterocycles. The number of aliphatic hydroxyl groups is 1. The van der Waals surface area contributed by atoms with Crippen LogP contribution in [0.25, 0.3) is 0 Å². The molecule has 0 heterocycles. The highest BCUT2D eigenvalue weighted by Crippen LogP contribution is 2.10. The van der Waals surface area contributed by atoms with Crippen LogP contribution in [0.4, 0.5) is 0 Å². The Morgan fingerprint density at radius 3 is 1.76 bits per heavy atom. The number of halogens is 1. The van der Waals surface area contributed by atoms with Gasteiger partial charge in [-0.2, -0.15) is 0 Å². The van der Waals surface area contributed by atoms with Crippen LogP contribution in [0.1, 0.15) is 20.7 Å². The van der Waals surface area contributed by atoms with Gasteiger partial charge in [-0.3, -0.25) is 9.59 Å². The summed E-state index contributed by atoms with van der Waals surface area (Å²) in [7, 11) is 0.